The summed E-state index contributed by atoms with van der Waals surface area (Å²) in [5, 5.41) is 1.39. The first-order valence-corrected chi connectivity index (χ1v) is 10.4. The standard InChI is InChI=1S/C18H22ClN3O4S/c1-18(2,3)26-17(23)21-9-11-22(12-10-21)27(24,25)15-6-4-5-14-13(15)7-8-20-16(14)19/h4-8H,9-12H2,1-3H3. The van der Waals surface area contributed by atoms with Gasteiger partial charge in [-0.25, -0.2) is 18.2 Å². The Morgan fingerprint density at radius 2 is 1.78 bits per heavy atom. The van der Waals surface area contributed by atoms with Crippen LogP contribution in [-0.4, -0.2) is 60.5 Å². The molecule has 146 valence electrons. The first-order chi connectivity index (χ1) is 12.6. The molecule has 0 unspecified atom stereocenters. The molecule has 0 spiro atoms. The Morgan fingerprint density at radius 3 is 2.41 bits per heavy atom. The molecule has 0 aliphatic carbocycles. The first-order valence-electron chi connectivity index (χ1n) is 8.61. The normalized spacial score (nSPS) is 16.5. The van der Waals surface area contributed by atoms with Crippen LogP contribution in [0.25, 0.3) is 10.8 Å². The molecule has 9 heteroatoms. The van der Waals surface area contributed by atoms with E-state index in [0.717, 1.165) is 0 Å². The quantitative estimate of drug-likeness (QED) is 0.709. The maximum absolute atomic E-state index is 13.1. The van der Waals surface area contributed by atoms with E-state index in [0.29, 0.717) is 10.8 Å². The number of amides is 1. The predicted molar refractivity (Wildman–Crippen MR) is 103 cm³/mol. The Balaban J connectivity index is 1.80. The monoisotopic (exact) mass is 411 g/mol. The molecular weight excluding hydrogens is 390 g/mol. The molecule has 0 radical (unpaired) electrons. The zero-order valence-electron chi connectivity index (χ0n) is 15.5. The maximum atomic E-state index is 13.1. The van der Waals surface area contributed by atoms with Crippen LogP contribution < -0.4 is 0 Å². The van der Waals surface area contributed by atoms with Gasteiger partial charge in [-0.1, -0.05) is 23.7 Å². The lowest BCUT2D eigenvalue weighted by Gasteiger charge is -2.35. The van der Waals surface area contributed by atoms with Gasteiger partial charge in [0.05, 0.1) is 4.90 Å². The number of benzene rings is 1. The van der Waals surface area contributed by atoms with Gasteiger partial charge in [-0.3, -0.25) is 0 Å². The van der Waals surface area contributed by atoms with Gasteiger partial charge in [0.1, 0.15) is 10.8 Å². The van der Waals surface area contributed by atoms with Crippen LogP contribution in [0.2, 0.25) is 5.15 Å². The van der Waals surface area contributed by atoms with E-state index < -0.39 is 21.7 Å². The predicted octanol–water partition coefficient (Wildman–Crippen LogP) is 3.13. The summed E-state index contributed by atoms with van der Waals surface area (Å²) in [5.41, 5.74) is -0.587. The third kappa shape index (κ3) is 4.17. The fraction of sp³-hybridized carbons (Fsp3) is 0.444. The molecular formula is C18H22ClN3O4S. The van der Waals surface area contributed by atoms with Gasteiger partial charge in [0, 0.05) is 43.1 Å². The van der Waals surface area contributed by atoms with Crippen LogP contribution in [0, 0.1) is 0 Å². The van der Waals surface area contributed by atoms with Crippen LogP contribution in [0.15, 0.2) is 35.4 Å². The second-order valence-electron chi connectivity index (χ2n) is 7.32. The molecule has 3 rings (SSSR count). The maximum Gasteiger partial charge on any atom is 0.410 e. The Hall–Kier alpha value is -1.90. The fourth-order valence-corrected chi connectivity index (χ4v) is 4.79. The van der Waals surface area contributed by atoms with E-state index >= 15 is 0 Å². The number of fused-ring (bicyclic) bond motifs is 1. The van der Waals surface area contributed by atoms with Gasteiger partial charge >= 0.3 is 6.09 Å². The van der Waals surface area contributed by atoms with E-state index in [1.807, 2.05) is 0 Å². The van der Waals surface area contributed by atoms with E-state index in [1.165, 1.54) is 15.4 Å². The number of carbonyl (C=O) groups is 1. The fourth-order valence-electron chi connectivity index (χ4n) is 2.94. The number of piperazine rings is 1. The van der Waals surface area contributed by atoms with Crippen molar-refractivity contribution in [3.63, 3.8) is 0 Å². The van der Waals surface area contributed by atoms with Crippen LogP contribution in [0.1, 0.15) is 20.8 Å². The first kappa shape index (κ1) is 19.9. The topological polar surface area (TPSA) is 79.8 Å². The molecule has 1 aromatic heterocycles. The largest absolute Gasteiger partial charge is 0.444 e. The smallest absolute Gasteiger partial charge is 0.410 e. The Labute approximate surface area is 163 Å². The molecule has 7 nitrogen and oxygen atoms in total. The molecule has 1 fully saturated rings. The lowest BCUT2D eigenvalue weighted by molar-refractivity contribution is 0.0192. The van der Waals surface area contributed by atoms with E-state index in [4.69, 9.17) is 16.3 Å². The number of sulfonamides is 1. The Kier molecular flexibility index (Phi) is 5.33. The molecule has 1 aliphatic heterocycles. The van der Waals surface area contributed by atoms with E-state index in [2.05, 4.69) is 4.98 Å². The zero-order valence-corrected chi connectivity index (χ0v) is 17.0. The SMILES string of the molecule is CC(C)(C)OC(=O)N1CCN(S(=O)(=O)c2cccc3c(Cl)nccc23)CC1. The summed E-state index contributed by atoms with van der Waals surface area (Å²) in [7, 11) is -3.72. The molecule has 0 saturated carbocycles. The molecule has 27 heavy (non-hydrogen) atoms. The minimum atomic E-state index is -3.72. The number of hydrogen-bond donors (Lipinski definition) is 0. The highest BCUT2D eigenvalue weighted by Gasteiger charge is 2.32. The molecule has 1 amide bonds. The van der Waals surface area contributed by atoms with Gasteiger partial charge in [0.15, 0.2) is 0 Å². The van der Waals surface area contributed by atoms with Crippen molar-refractivity contribution in [1.82, 2.24) is 14.2 Å². The van der Waals surface area contributed by atoms with Gasteiger partial charge in [-0.15, -0.1) is 0 Å². The van der Waals surface area contributed by atoms with Gasteiger partial charge in [0.25, 0.3) is 0 Å². The summed E-state index contributed by atoms with van der Waals surface area (Å²) in [6.07, 6.45) is 1.06. The number of aromatic nitrogens is 1. The minimum Gasteiger partial charge on any atom is -0.444 e. The third-order valence-corrected chi connectivity index (χ3v) is 6.48. The van der Waals surface area contributed by atoms with Crippen molar-refractivity contribution < 1.29 is 17.9 Å². The summed E-state index contributed by atoms with van der Waals surface area (Å²) in [5.74, 6) is 0. The number of ether oxygens (including phenoxy) is 1. The van der Waals surface area contributed by atoms with Gasteiger partial charge in [-0.2, -0.15) is 4.31 Å². The van der Waals surface area contributed by atoms with Crippen LogP contribution in [0.4, 0.5) is 4.79 Å². The van der Waals surface area contributed by atoms with Gasteiger partial charge in [-0.05, 0) is 32.9 Å². The average molecular weight is 412 g/mol. The van der Waals surface area contributed by atoms with Crippen LogP contribution >= 0.6 is 11.6 Å². The van der Waals surface area contributed by atoms with Crippen molar-refractivity contribution in [2.24, 2.45) is 0 Å². The second-order valence-corrected chi connectivity index (χ2v) is 9.59. The molecule has 1 aromatic carbocycles. The summed E-state index contributed by atoms with van der Waals surface area (Å²) < 4.78 is 33.0. The highest BCUT2D eigenvalue weighted by Crippen LogP contribution is 2.29. The molecule has 2 aromatic rings. The summed E-state index contributed by atoms with van der Waals surface area (Å²) in [6.45, 7) is 6.36. The summed E-state index contributed by atoms with van der Waals surface area (Å²) in [4.78, 5) is 17.9. The Bertz CT molecular complexity index is 964. The number of nitrogens with zero attached hydrogens (tertiary/aromatic N) is 3. The molecule has 0 bridgehead atoms. The number of pyridine rings is 1. The molecule has 1 saturated heterocycles. The van der Waals surface area contributed by atoms with Gasteiger partial charge in [0.2, 0.25) is 10.0 Å². The number of halogens is 1. The van der Waals surface area contributed by atoms with Crippen LogP contribution in [0.3, 0.4) is 0 Å². The van der Waals surface area contributed by atoms with Crippen molar-refractivity contribution in [2.75, 3.05) is 26.2 Å². The number of hydrogen-bond acceptors (Lipinski definition) is 5. The molecule has 0 N–H and O–H groups in total. The highest BCUT2D eigenvalue weighted by atomic mass is 35.5. The van der Waals surface area contributed by atoms with Crippen molar-refractivity contribution >= 4 is 38.5 Å². The second kappa shape index (κ2) is 7.26. The van der Waals surface area contributed by atoms with Crippen LogP contribution in [-0.2, 0) is 14.8 Å². The highest BCUT2D eigenvalue weighted by molar-refractivity contribution is 7.89. The van der Waals surface area contributed by atoms with E-state index in [1.54, 1.807) is 45.0 Å². The zero-order chi connectivity index (χ0) is 19.8. The minimum absolute atomic E-state index is 0.190. The van der Waals surface area contributed by atoms with Crippen molar-refractivity contribution in [3.8, 4) is 0 Å². The molecule has 2 heterocycles. The lowest BCUT2D eigenvalue weighted by atomic mass is 10.2. The Morgan fingerprint density at radius 1 is 1.11 bits per heavy atom. The lowest BCUT2D eigenvalue weighted by Crippen LogP contribution is -2.51. The molecule has 0 atom stereocenters. The molecule has 1 aliphatic rings. The number of carbonyl (C=O) groups excluding carboxylic acids is 1. The van der Waals surface area contributed by atoms with Gasteiger partial charge < -0.3 is 9.64 Å². The van der Waals surface area contributed by atoms with E-state index in [9.17, 15) is 13.2 Å². The van der Waals surface area contributed by atoms with E-state index in [-0.39, 0.29) is 36.2 Å². The summed E-state index contributed by atoms with van der Waals surface area (Å²) in [6, 6.07) is 6.60. The third-order valence-electron chi connectivity index (χ3n) is 4.23. The average Bonchev–Trinajstić information content (AvgIpc) is 2.60. The summed E-state index contributed by atoms with van der Waals surface area (Å²) >= 11 is 6.09. The van der Waals surface area contributed by atoms with Crippen molar-refractivity contribution in [1.29, 1.82) is 0 Å². The van der Waals surface area contributed by atoms with Crippen molar-refractivity contribution in [2.45, 2.75) is 31.3 Å². The van der Waals surface area contributed by atoms with Crippen molar-refractivity contribution in [3.05, 3.63) is 35.6 Å². The number of rotatable bonds is 2. The van der Waals surface area contributed by atoms with Crippen LogP contribution in [0.5, 0.6) is 0 Å².